The van der Waals surface area contributed by atoms with E-state index in [1.807, 2.05) is 0 Å². The van der Waals surface area contributed by atoms with Crippen molar-refractivity contribution in [1.29, 1.82) is 0 Å². The van der Waals surface area contributed by atoms with Crippen molar-refractivity contribution in [1.82, 2.24) is 0 Å². The molecule has 0 amide bonds. The summed E-state index contributed by atoms with van der Waals surface area (Å²) in [5, 5.41) is 3.17. The highest BCUT2D eigenvalue weighted by atomic mass is 79.9. The lowest BCUT2D eigenvalue weighted by Gasteiger charge is -2.23. The molecule has 1 aliphatic heterocycles. The Kier molecular flexibility index (Phi) is 3.04. The third kappa shape index (κ3) is 2.01. The SMILES string of the molecule is CC(C)(C)c1ccc2c(c1)[Si](C)(C)c1ccc(Br)cc1-2. The van der Waals surface area contributed by atoms with Crippen molar-refractivity contribution in [2.45, 2.75) is 39.3 Å². The normalized spacial score (nSPS) is 15.9. The molecule has 1 aliphatic rings. The van der Waals surface area contributed by atoms with Crippen molar-refractivity contribution in [2.75, 3.05) is 0 Å². The van der Waals surface area contributed by atoms with Crippen LogP contribution in [0.25, 0.3) is 11.1 Å². The minimum atomic E-state index is -1.54. The maximum Gasteiger partial charge on any atom is 0.113 e. The fourth-order valence-electron chi connectivity index (χ4n) is 3.19. The van der Waals surface area contributed by atoms with Gasteiger partial charge in [0.05, 0.1) is 0 Å². The Hall–Kier alpha value is -0.863. The van der Waals surface area contributed by atoms with Crippen LogP contribution in [0.3, 0.4) is 0 Å². The van der Waals surface area contributed by atoms with E-state index in [9.17, 15) is 0 Å². The van der Waals surface area contributed by atoms with E-state index in [2.05, 4.69) is 86.2 Å². The third-order valence-corrected chi connectivity index (χ3v) is 8.54. The van der Waals surface area contributed by atoms with Crippen LogP contribution in [0.4, 0.5) is 0 Å². The molecule has 1 heterocycles. The summed E-state index contributed by atoms with van der Waals surface area (Å²) in [6.07, 6.45) is 0. The van der Waals surface area contributed by atoms with Crippen LogP contribution < -0.4 is 10.4 Å². The predicted octanol–water partition coefficient (Wildman–Crippen LogP) is 4.55. The summed E-state index contributed by atoms with van der Waals surface area (Å²) in [7, 11) is -1.54. The lowest BCUT2D eigenvalue weighted by molar-refractivity contribution is 0.591. The Morgan fingerprint density at radius 1 is 0.850 bits per heavy atom. The molecule has 104 valence electrons. The van der Waals surface area contributed by atoms with Gasteiger partial charge in [-0.1, -0.05) is 74.1 Å². The van der Waals surface area contributed by atoms with Crippen molar-refractivity contribution in [3.63, 3.8) is 0 Å². The fourth-order valence-corrected chi connectivity index (χ4v) is 6.63. The van der Waals surface area contributed by atoms with E-state index in [1.54, 1.807) is 10.4 Å². The molecular formula is C18H21BrSi. The highest BCUT2D eigenvalue weighted by molar-refractivity contribution is 9.10. The number of hydrogen-bond donors (Lipinski definition) is 0. The number of rotatable bonds is 0. The van der Waals surface area contributed by atoms with Gasteiger partial charge in [0.25, 0.3) is 0 Å². The fraction of sp³-hybridized carbons (Fsp3) is 0.333. The molecule has 2 aromatic rings. The molecule has 0 N–H and O–H groups in total. The topological polar surface area (TPSA) is 0 Å². The van der Waals surface area contributed by atoms with Crippen LogP contribution in [0.15, 0.2) is 40.9 Å². The maximum absolute atomic E-state index is 3.62. The summed E-state index contributed by atoms with van der Waals surface area (Å²) in [6.45, 7) is 11.8. The quantitative estimate of drug-likeness (QED) is 0.615. The van der Waals surface area contributed by atoms with Gasteiger partial charge in [0.1, 0.15) is 8.07 Å². The molecular weight excluding hydrogens is 324 g/mol. The molecule has 0 aromatic heterocycles. The Labute approximate surface area is 131 Å². The molecule has 2 aromatic carbocycles. The zero-order valence-electron chi connectivity index (χ0n) is 12.8. The summed E-state index contributed by atoms with van der Waals surface area (Å²) in [4.78, 5) is 0. The van der Waals surface area contributed by atoms with Crippen molar-refractivity contribution in [3.05, 3.63) is 46.4 Å². The van der Waals surface area contributed by atoms with E-state index in [0.29, 0.717) is 0 Å². The van der Waals surface area contributed by atoms with Crippen molar-refractivity contribution in [2.24, 2.45) is 0 Å². The second-order valence-corrected chi connectivity index (χ2v) is 12.6. The summed E-state index contributed by atoms with van der Waals surface area (Å²) in [5.41, 5.74) is 4.55. The minimum absolute atomic E-state index is 0.217. The average Bonchev–Trinajstić information content (AvgIpc) is 2.57. The molecule has 3 rings (SSSR count). The summed E-state index contributed by atoms with van der Waals surface area (Å²) in [6, 6.07) is 13.9. The standard InChI is InChI=1S/C18H21BrSi/c1-18(2,3)12-6-8-14-15-11-13(19)7-9-16(15)20(4,5)17(14)10-12/h6-11H,1-5H3. The molecule has 2 heteroatoms. The Morgan fingerprint density at radius 2 is 1.55 bits per heavy atom. The van der Waals surface area contributed by atoms with Gasteiger partial charge in [-0.25, -0.2) is 0 Å². The molecule has 0 atom stereocenters. The third-order valence-electron chi connectivity index (χ3n) is 4.50. The number of fused-ring (bicyclic) bond motifs is 3. The van der Waals surface area contributed by atoms with Gasteiger partial charge in [0, 0.05) is 4.47 Å². The number of hydrogen-bond acceptors (Lipinski definition) is 0. The molecule has 0 aliphatic carbocycles. The molecule has 0 bridgehead atoms. The molecule has 20 heavy (non-hydrogen) atoms. The first-order valence-electron chi connectivity index (χ1n) is 7.17. The van der Waals surface area contributed by atoms with E-state index in [-0.39, 0.29) is 5.41 Å². The van der Waals surface area contributed by atoms with E-state index in [4.69, 9.17) is 0 Å². The van der Waals surface area contributed by atoms with Gasteiger partial charge in [-0.05, 0) is 44.6 Å². The monoisotopic (exact) mass is 344 g/mol. The first-order valence-corrected chi connectivity index (χ1v) is 11.0. The first kappa shape index (κ1) is 14.1. The highest BCUT2D eigenvalue weighted by Crippen LogP contribution is 2.32. The van der Waals surface area contributed by atoms with Gasteiger partial charge in [-0.3, -0.25) is 0 Å². The molecule has 0 unspecified atom stereocenters. The Balaban J connectivity index is 2.28. The second-order valence-electron chi connectivity index (χ2n) is 7.33. The molecule has 0 saturated carbocycles. The zero-order chi connectivity index (χ0) is 14.7. The molecule has 0 nitrogen and oxygen atoms in total. The zero-order valence-corrected chi connectivity index (χ0v) is 15.4. The summed E-state index contributed by atoms with van der Waals surface area (Å²) >= 11 is 3.62. The van der Waals surface area contributed by atoms with Crippen LogP contribution in [-0.2, 0) is 5.41 Å². The van der Waals surface area contributed by atoms with Gasteiger partial charge in [-0.15, -0.1) is 0 Å². The van der Waals surface area contributed by atoms with Crippen LogP contribution in [0, 0.1) is 0 Å². The largest absolute Gasteiger partial charge is 0.113 e. The van der Waals surface area contributed by atoms with Crippen LogP contribution in [0.2, 0.25) is 13.1 Å². The van der Waals surface area contributed by atoms with E-state index >= 15 is 0 Å². The lowest BCUT2D eigenvalue weighted by atomic mass is 9.86. The van der Waals surface area contributed by atoms with Crippen LogP contribution in [0.1, 0.15) is 26.3 Å². The van der Waals surface area contributed by atoms with Crippen molar-refractivity contribution < 1.29 is 0 Å². The van der Waals surface area contributed by atoms with E-state index in [0.717, 1.165) is 0 Å². The highest BCUT2D eigenvalue weighted by Gasteiger charge is 2.37. The van der Waals surface area contributed by atoms with Crippen LogP contribution in [-0.4, -0.2) is 8.07 Å². The molecule has 0 radical (unpaired) electrons. The van der Waals surface area contributed by atoms with Gasteiger partial charge in [0.2, 0.25) is 0 Å². The molecule has 0 saturated heterocycles. The van der Waals surface area contributed by atoms with Gasteiger partial charge >= 0.3 is 0 Å². The van der Waals surface area contributed by atoms with Crippen LogP contribution >= 0.6 is 15.9 Å². The maximum atomic E-state index is 3.62. The van der Waals surface area contributed by atoms with Gasteiger partial charge in [-0.2, -0.15) is 0 Å². The van der Waals surface area contributed by atoms with Crippen molar-refractivity contribution in [3.8, 4) is 11.1 Å². The Bertz CT molecular complexity index is 693. The second kappa shape index (κ2) is 4.31. The number of halogens is 1. The summed E-state index contributed by atoms with van der Waals surface area (Å²) in [5.74, 6) is 0. The number of benzene rings is 2. The molecule has 0 spiro atoms. The van der Waals surface area contributed by atoms with Crippen molar-refractivity contribution >= 4 is 34.4 Å². The summed E-state index contributed by atoms with van der Waals surface area (Å²) < 4.78 is 1.17. The minimum Gasteiger partial charge on any atom is -0.0616 e. The first-order chi connectivity index (χ1) is 9.21. The van der Waals surface area contributed by atoms with Crippen LogP contribution in [0.5, 0.6) is 0 Å². The van der Waals surface area contributed by atoms with E-state index in [1.165, 1.54) is 21.2 Å². The van der Waals surface area contributed by atoms with E-state index < -0.39 is 8.07 Å². The Morgan fingerprint density at radius 3 is 2.20 bits per heavy atom. The average molecular weight is 345 g/mol. The van der Waals surface area contributed by atoms with Gasteiger partial charge < -0.3 is 0 Å². The van der Waals surface area contributed by atoms with Gasteiger partial charge in [0.15, 0.2) is 0 Å². The smallest absolute Gasteiger partial charge is 0.0616 e. The lowest BCUT2D eigenvalue weighted by Crippen LogP contribution is -2.49. The predicted molar refractivity (Wildman–Crippen MR) is 95.0 cm³/mol. The molecule has 0 fully saturated rings.